The molecule has 0 aliphatic heterocycles. The van der Waals surface area contributed by atoms with Gasteiger partial charge in [0.2, 0.25) is 5.91 Å². The lowest BCUT2D eigenvalue weighted by atomic mass is 10.1. The van der Waals surface area contributed by atoms with Gasteiger partial charge in [0.1, 0.15) is 6.54 Å². The van der Waals surface area contributed by atoms with E-state index < -0.39 is 0 Å². The highest BCUT2D eigenvalue weighted by molar-refractivity contribution is 6.30. The van der Waals surface area contributed by atoms with Gasteiger partial charge >= 0.3 is 0 Å². The number of carbonyl (C=O) groups excluding carboxylic acids is 1. The minimum absolute atomic E-state index is 0.153. The number of amides is 1. The lowest BCUT2D eigenvalue weighted by Gasteiger charge is -2.13. The van der Waals surface area contributed by atoms with Gasteiger partial charge in [-0.05, 0) is 63.4 Å². The highest BCUT2D eigenvalue weighted by Gasteiger charge is 2.18. The van der Waals surface area contributed by atoms with Gasteiger partial charge in [0, 0.05) is 34.0 Å². The number of aryl methyl sites for hydroxylation is 5. The van der Waals surface area contributed by atoms with E-state index in [1.807, 2.05) is 71.0 Å². The number of anilines is 1. The minimum atomic E-state index is -0.285. The summed E-state index contributed by atoms with van der Waals surface area (Å²) in [4.78, 5) is 26.0. The lowest BCUT2D eigenvalue weighted by molar-refractivity contribution is -0.117. The number of rotatable bonds is 5. The highest BCUT2D eigenvalue weighted by atomic mass is 35.5. The summed E-state index contributed by atoms with van der Waals surface area (Å²) in [5, 5.41) is 9.29. The second-order valence-corrected chi connectivity index (χ2v) is 9.04. The van der Waals surface area contributed by atoms with E-state index in [-0.39, 0.29) is 18.0 Å². The molecule has 0 radical (unpaired) electrons. The van der Waals surface area contributed by atoms with Crippen LogP contribution >= 0.6 is 11.6 Å². The summed E-state index contributed by atoms with van der Waals surface area (Å²) in [7, 11) is 0. The second kappa shape index (κ2) is 8.87. The van der Waals surface area contributed by atoms with Crippen LogP contribution in [0.1, 0.15) is 33.6 Å². The first-order valence-electron chi connectivity index (χ1n) is 10.8. The zero-order valence-electron chi connectivity index (χ0n) is 19.5. The van der Waals surface area contributed by atoms with Gasteiger partial charge in [0.25, 0.3) is 5.56 Å². The standard InChI is InChI=1S/C26H27ClN4O2/c1-15-9-16(2)25(17(3)10-15)29-23(32)14-31-26(33)24-19(5)30(18(4)22(24)12-28-31)13-20-7-6-8-21(27)11-20/h6-12H,13-14H2,1-5H3,(H,29,32). The van der Waals surface area contributed by atoms with Crippen LogP contribution in [0.4, 0.5) is 5.69 Å². The van der Waals surface area contributed by atoms with E-state index >= 15 is 0 Å². The Morgan fingerprint density at radius 1 is 1.03 bits per heavy atom. The highest BCUT2D eigenvalue weighted by Crippen LogP contribution is 2.24. The van der Waals surface area contributed by atoms with Gasteiger partial charge in [-0.25, -0.2) is 4.68 Å². The lowest BCUT2D eigenvalue weighted by Crippen LogP contribution is -2.30. The monoisotopic (exact) mass is 462 g/mol. The summed E-state index contributed by atoms with van der Waals surface area (Å²) >= 11 is 6.14. The fraction of sp³-hybridized carbons (Fsp3) is 0.269. The molecular weight excluding hydrogens is 436 g/mol. The third kappa shape index (κ3) is 4.44. The number of benzene rings is 2. The maximum absolute atomic E-state index is 13.3. The number of hydrogen-bond acceptors (Lipinski definition) is 3. The molecule has 1 amide bonds. The molecule has 0 saturated heterocycles. The van der Waals surface area contributed by atoms with Crippen LogP contribution in [0.5, 0.6) is 0 Å². The van der Waals surface area contributed by atoms with E-state index in [0.717, 1.165) is 44.7 Å². The molecule has 2 aromatic carbocycles. The molecule has 1 N–H and O–H groups in total. The van der Waals surface area contributed by atoms with Crippen LogP contribution in [0, 0.1) is 34.6 Å². The van der Waals surface area contributed by atoms with Gasteiger partial charge in [-0.2, -0.15) is 5.10 Å². The largest absolute Gasteiger partial charge is 0.343 e. The van der Waals surface area contributed by atoms with Gasteiger partial charge in [-0.15, -0.1) is 0 Å². The van der Waals surface area contributed by atoms with Crippen molar-refractivity contribution in [1.82, 2.24) is 14.3 Å². The molecular formula is C26H27ClN4O2. The van der Waals surface area contributed by atoms with E-state index in [2.05, 4.69) is 15.0 Å². The van der Waals surface area contributed by atoms with Gasteiger partial charge in [0.15, 0.2) is 0 Å². The van der Waals surface area contributed by atoms with E-state index in [0.29, 0.717) is 17.0 Å². The molecule has 170 valence electrons. The molecule has 0 spiro atoms. The summed E-state index contributed by atoms with van der Waals surface area (Å²) in [5.41, 5.74) is 6.46. The normalized spacial score (nSPS) is 11.2. The topological polar surface area (TPSA) is 68.9 Å². The predicted molar refractivity (Wildman–Crippen MR) is 133 cm³/mol. The van der Waals surface area contributed by atoms with E-state index in [1.165, 1.54) is 4.68 Å². The maximum atomic E-state index is 13.3. The van der Waals surface area contributed by atoms with Gasteiger partial charge < -0.3 is 9.88 Å². The summed E-state index contributed by atoms with van der Waals surface area (Å²) in [6, 6.07) is 11.7. The second-order valence-electron chi connectivity index (χ2n) is 8.60. The summed E-state index contributed by atoms with van der Waals surface area (Å²) in [6.07, 6.45) is 1.67. The van der Waals surface area contributed by atoms with Crippen molar-refractivity contribution in [2.75, 3.05) is 5.32 Å². The molecule has 0 atom stereocenters. The molecule has 0 fully saturated rings. The molecule has 4 aromatic rings. The van der Waals surface area contributed by atoms with E-state index in [4.69, 9.17) is 11.6 Å². The Balaban J connectivity index is 1.65. The van der Waals surface area contributed by atoms with Gasteiger partial charge in [-0.1, -0.05) is 41.4 Å². The van der Waals surface area contributed by atoms with Crippen molar-refractivity contribution in [3.05, 3.63) is 91.6 Å². The van der Waals surface area contributed by atoms with Crippen LogP contribution in [0.3, 0.4) is 0 Å². The molecule has 0 saturated carbocycles. The summed E-state index contributed by atoms with van der Waals surface area (Å²) < 4.78 is 3.32. The van der Waals surface area contributed by atoms with Crippen molar-refractivity contribution in [2.45, 2.75) is 47.7 Å². The minimum Gasteiger partial charge on any atom is -0.343 e. The third-order valence-corrected chi connectivity index (χ3v) is 6.30. The third-order valence-electron chi connectivity index (χ3n) is 6.07. The number of nitrogens with one attached hydrogen (secondary N) is 1. The van der Waals surface area contributed by atoms with Crippen molar-refractivity contribution in [2.24, 2.45) is 0 Å². The van der Waals surface area contributed by atoms with Crippen molar-refractivity contribution in [1.29, 1.82) is 0 Å². The first-order chi connectivity index (χ1) is 15.7. The average molecular weight is 463 g/mol. The Morgan fingerprint density at radius 3 is 2.39 bits per heavy atom. The van der Waals surface area contributed by atoms with E-state index in [1.54, 1.807) is 6.20 Å². The van der Waals surface area contributed by atoms with Crippen molar-refractivity contribution in [3.8, 4) is 0 Å². The smallest absolute Gasteiger partial charge is 0.276 e. The molecule has 0 bridgehead atoms. The Labute approximate surface area is 197 Å². The Kier molecular flexibility index (Phi) is 6.13. The van der Waals surface area contributed by atoms with Crippen LogP contribution in [-0.2, 0) is 17.9 Å². The van der Waals surface area contributed by atoms with Crippen LogP contribution in [-0.4, -0.2) is 20.3 Å². The Hall–Kier alpha value is -3.38. The van der Waals surface area contributed by atoms with Gasteiger partial charge in [0.05, 0.1) is 11.6 Å². The molecule has 4 rings (SSSR count). The van der Waals surface area contributed by atoms with Crippen molar-refractivity contribution < 1.29 is 4.79 Å². The zero-order valence-corrected chi connectivity index (χ0v) is 20.2. The molecule has 0 aliphatic carbocycles. The first kappa shape index (κ1) is 22.8. The van der Waals surface area contributed by atoms with Crippen LogP contribution in [0.15, 0.2) is 47.4 Å². The van der Waals surface area contributed by atoms with Crippen molar-refractivity contribution in [3.63, 3.8) is 0 Å². The molecule has 7 heteroatoms. The fourth-order valence-electron chi connectivity index (χ4n) is 4.50. The molecule has 0 aliphatic rings. The molecule has 33 heavy (non-hydrogen) atoms. The summed E-state index contributed by atoms with van der Waals surface area (Å²) in [5.74, 6) is -0.285. The molecule has 2 aromatic heterocycles. The Bertz CT molecular complexity index is 1430. The number of nitrogens with zero attached hydrogens (tertiary/aromatic N) is 3. The first-order valence-corrected chi connectivity index (χ1v) is 11.2. The molecule has 2 heterocycles. The Morgan fingerprint density at radius 2 is 1.73 bits per heavy atom. The van der Waals surface area contributed by atoms with Gasteiger partial charge in [-0.3, -0.25) is 9.59 Å². The zero-order chi connectivity index (χ0) is 23.9. The van der Waals surface area contributed by atoms with Crippen LogP contribution < -0.4 is 10.9 Å². The molecule has 6 nitrogen and oxygen atoms in total. The maximum Gasteiger partial charge on any atom is 0.276 e. The van der Waals surface area contributed by atoms with Crippen molar-refractivity contribution >= 4 is 34.0 Å². The summed E-state index contributed by atoms with van der Waals surface area (Å²) in [6.45, 7) is 10.3. The molecule has 0 unspecified atom stereocenters. The van der Waals surface area contributed by atoms with Crippen LogP contribution in [0.25, 0.3) is 10.8 Å². The predicted octanol–water partition coefficient (Wildman–Crippen LogP) is 5.08. The number of fused-ring (bicyclic) bond motifs is 1. The average Bonchev–Trinajstić information content (AvgIpc) is 2.98. The number of halogens is 1. The van der Waals surface area contributed by atoms with Crippen LogP contribution in [0.2, 0.25) is 5.02 Å². The number of hydrogen-bond donors (Lipinski definition) is 1. The van der Waals surface area contributed by atoms with E-state index in [9.17, 15) is 9.59 Å². The quantitative estimate of drug-likeness (QED) is 0.449. The fourth-order valence-corrected chi connectivity index (χ4v) is 4.72. The number of aromatic nitrogens is 3. The number of carbonyl (C=O) groups is 1. The SMILES string of the molecule is Cc1cc(C)c(NC(=O)Cn2ncc3c(C)n(Cc4cccc(Cl)c4)c(C)c3c2=O)c(C)c1.